The fourth-order valence-electron chi connectivity index (χ4n) is 2.27. The van der Waals surface area contributed by atoms with Crippen molar-refractivity contribution in [2.45, 2.75) is 6.92 Å². The second-order valence-corrected chi connectivity index (χ2v) is 5.79. The average Bonchev–Trinajstić information content (AvgIpc) is 3.11. The molecule has 2 amide bonds. The molecule has 2 aromatic carbocycles. The molecule has 0 fully saturated rings. The Labute approximate surface area is 156 Å². The maximum absolute atomic E-state index is 12.4. The number of nitrogens with one attached hydrogen (secondary N) is 2. The summed E-state index contributed by atoms with van der Waals surface area (Å²) < 4.78 is 12.6. The molecule has 1 heterocycles. The topological polar surface area (TPSA) is 136 Å². The standard InChI is InChI=1S/C16H13N5O5S/c1-2-26-16(23)18-11-5-3-10(4-6-11)17-15(22)9-7-12-14(20-27-19-12)13(8-9)21(24)25/h3-8H,2H2,1H3,(H,17,22)(H,18,23). The van der Waals surface area contributed by atoms with Crippen molar-refractivity contribution in [2.24, 2.45) is 0 Å². The molecule has 0 aliphatic carbocycles. The predicted octanol–water partition coefficient (Wildman–Crippen LogP) is 3.42. The van der Waals surface area contributed by atoms with Crippen LogP contribution in [0, 0.1) is 10.1 Å². The fraction of sp³-hybridized carbons (Fsp3) is 0.125. The van der Waals surface area contributed by atoms with Crippen molar-refractivity contribution in [2.75, 3.05) is 17.2 Å². The summed E-state index contributed by atoms with van der Waals surface area (Å²) in [5, 5.41) is 16.4. The molecule has 11 heteroatoms. The van der Waals surface area contributed by atoms with Gasteiger partial charge in [-0.3, -0.25) is 20.2 Å². The zero-order chi connectivity index (χ0) is 19.4. The molecule has 27 heavy (non-hydrogen) atoms. The number of rotatable bonds is 5. The van der Waals surface area contributed by atoms with Gasteiger partial charge < -0.3 is 10.1 Å². The highest BCUT2D eigenvalue weighted by atomic mass is 32.1. The Morgan fingerprint density at radius 1 is 1.15 bits per heavy atom. The van der Waals surface area contributed by atoms with Gasteiger partial charge in [0.05, 0.1) is 23.3 Å². The van der Waals surface area contributed by atoms with Crippen LogP contribution in [-0.2, 0) is 4.74 Å². The molecular weight excluding hydrogens is 374 g/mol. The van der Waals surface area contributed by atoms with Gasteiger partial charge in [0, 0.05) is 23.0 Å². The molecule has 0 aliphatic heterocycles. The van der Waals surface area contributed by atoms with Gasteiger partial charge in [-0.15, -0.1) is 0 Å². The summed E-state index contributed by atoms with van der Waals surface area (Å²) in [7, 11) is 0. The highest BCUT2D eigenvalue weighted by Crippen LogP contribution is 2.26. The van der Waals surface area contributed by atoms with Crippen molar-refractivity contribution in [1.29, 1.82) is 0 Å². The van der Waals surface area contributed by atoms with Crippen LogP contribution in [0.4, 0.5) is 21.9 Å². The molecule has 0 saturated carbocycles. The smallest absolute Gasteiger partial charge is 0.411 e. The molecule has 0 radical (unpaired) electrons. The molecular formula is C16H13N5O5S. The number of ether oxygens (including phenoxy) is 1. The summed E-state index contributed by atoms with van der Waals surface area (Å²) in [5.41, 5.74) is 1.20. The molecule has 2 N–H and O–H groups in total. The molecule has 0 unspecified atom stereocenters. The highest BCUT2D eigenvalue weighted by Gasteiger charge is 2.20. The van der Waals surface area contributed by atoms with Crippen molar-refractivity contribution in [3.63, 3.8) is 0 Å². The summed E-state index contributed by atoms with van der Waals surface area (Å²) in [4.78, 5) is 34.4. The number of nitro groups is 1. The molecule has 10 nitrogen and oxygen atoms in total. The van der Waals surface area contributed by atoms with Crippen molar-refractivity contribution in [1.82, 2.24) is 8.75 Å². The number of amides is 2. The molecule has 0 bridgehead atoms. The molecule has 3 rings (SSSR count). The lowest BCUT2D eigenvalue weighted by Crippen LogP contribution is -2.14. The Bertz CT molecular complexity index is 1020. The SMILES string of the molecule is CCOC(=O)Nc1ccc(NC(=O)c2cc([N+](=O)[O-])c3nsnc3c2)cc1. The van der Waals surface area contributed by atoms with Gasteiger partial charge in [-0.1, -0.05) is 0 Å². The largest absolute Gasteiger partial charge is 0.450 e. The van der Waals surface area contributed by atoms with Crippen LogP contribution < -0.4 is 10.6 Å². The van der Waals surface area contributed by atoms with Crippen LogP contribution in [0.3, 0.4) is 0 Å². The van der Waals surface area contributed by atoms with E-state index in [0.29, 0.717) is 11.4 Å². The molecule has 0 atom stereocenters. The van der Waals surface area contributed by atoms with Gasteiger partial charge in [0.15, 0.2) is 5.52 Å². The van der Waals surface area contributed by atoms with E-state index in [2.05, 4.69) is 19.4 Å². The summed E-state index contributed by atoms with van der Waals surface area (Å²) >= 11 is 0.838. The lowest BCUT2D eigenvalue weighted by atomic mass is 10.1. The van der Waals surface area contributed by atoms with Gasteiger partial charge in [0.2, 0.25) is 0 Å². The number of anilines is 2. The molecule has 0 spiro atoms. The van der Waals surface area contributed by atoms with Crippen molar-refractivity contribution in [3.8, 4) is 0 Å². The normalized spacial score (nSPS) is 10.4. The van der Waals surface area contributed by atoms with Gasteiger partial charge >= 0.3 is 6.09 Å². The third-order valence-electron chi connectivity index (χ3n) is 3.46. The summed E-state index contributed by atoms with van der Waals surface area (Å²) in [5.74, 6) is -0.529. The summed E-state index contributed by atoms with van der Waals surface area (Å²) in [6.07, 6.45) is -0.577. The number of fused-ring (bicyclic) bond motifs is 1. The molecule has 3 aromatic rings. The Kier molecular flexibility index (Phi) is 5.22. The van der Waals surface area contributed by atoms with E-state index in [1.54, 1.807) is 31.2 Å². The number of hydrogen-bond donors (Lipinski definition) is 2. The lowest BCUT2D eigenvalue weighted by Gasteiger charge is -2.08. The maximum atomic E-state index is 12.4. The van der Waals surface area contributed by atoms with Crippen LogP contribution in [0.1, 0.15) is 17.3 Å². The zero-order valence-electron chi connectivity index (χ0n) is 14.0. The van der Waals surface area contributed by atoms with E-state index < -0.39 is 16.9 Å². The van der Waals surface area contributed by atoms with Crippen LogP contribution >= 0.6 is 11.7 Å². The summed E-state index contributed by atoms with van der Waals surface area (Å²) in [6.45, 7) is 1.95. The Balaban J connectivity index is 1.76. The number of nitro benzene ring substituents is 1. The number of nitrogens with zero attached hydrogens (tertiary/aromatic N) is 3. The quantitative estimate of drug-likeness (QED) is 0.505. The van der Waals surface area contributed by atoms with Crippen LogP contribution in [0.15, 0.2) is 36.4 Å². The van der Waals surface area contributed by atoms with E-state index in [1.165, 1.54) is 6.07 Å². The molecule has 0 aliphatic rings. The summed E-state index contributed by atoms with van der Waals surface area (Å²) in [6, 6.07) is 8.94. The maximum Gasteiger partial charge on any atom is 0.411 e. The van der Waals surface area contributed by atoms with Crippen LogP contribution in [0.2, 0.25) is 0 Å². The van der Waals surface area contributed by atoms with Crippen molar-refractivity contribution in [3.05, 3.63) is 52.1 Å². The number of non-ortho nitro benzene ring substituents is 1. The van der Waals surface area contributed by atoms with Crippen LogP contribution in [0.5, 0.6) is 0 Å². The number of carbonyl (C=O) groups is 2. The first kappa shape index (κ1) is 18.2. The van der Waals surface area contributed by atoms with Gasteiger partial charge in [-0.2, -0.15) is 8.75 Å². The van der Waals surface area contributed by atoms with Crippen LogP contribution in [-0.4, -0.2) is 32.3 Å². The zero-order valence-corrected chi connectivity index (χ0v) is 14.8. The Hall–Kier alpha value is -3.60. The fourth-order valence-corrected chi connectivity index (χ4v) is 2.80. The average molecular weight is 387 g/mol. The highest BCUT2D eigenvalue weighted by molar-refractivity contribution is 7.00. The first-order valence-corrected chi connectivity index (χ1v) is 8.47. The third kappa shape index (κ3) is 4.15. The van der Waals surface area contributed by atoms with E-state index in [-0.39, 0.29) is 28.9 Å². The van der Waals surface area contributed by atoms with E-state index in [0.717, 1.165) is 17.8 Å². The molecule has 138 valence electrons. The van der Waals surface area contributed by atoms with Gasteiger partial charge in [0.1, 0.15) is 5.52 Å². The van der Waals surface area contributed by atoms with Gasteiger partial charge in [0.25, 0.3) is 11.6 Å². The minimum absolute atomic E-state index is 0.0932. The predicted molar refractivity (Wildman–Crippen MR) is 99.1 cm³/mol. The first-order valence-electron chi connectivity index (χ1n) is 7.74. The monoisotopic (exact) mass is 387 g/mol. The van der Waals surface area contributed by atoms with E-state index in [4.69, 9.17) is 4.74 Å². The van der Waals surface area contributed by atoms with Crippen molar-refractivity contribution >= 4 is 51.8 Å². The van der Waals surface area contributed by atoms with Crippen LogP contribution in [0.25, 0.3) is 11.0 Å². The second-order valence-electron chi connectivity index (χ2n) is 5.26. The van der Waals surface area contributed by atoms with E-state index in [1.807, 2.05) is 0 Å². The third-order valence-corrected chi connectivity index (χ3v) is 4.01. The Morgan fingerprint density at radius 2 is 1.81 bits per heavy atom. The number of carbonyl (C=O) groups excluding carboxylic acids is 2. The second kappa shape index (κ2) is 7.74. The van der Waals surface area contributed by atoms with Crippen molar-refractivity contribution < 1.29 is 19.2 Å². The Morgan fingerprint density at radius 3 is 2.44 bits per heavy atom. The van der Waals surface area contributed by atoms with E-state index in [9.17, 15) is 19.7 Å². The number of hydrogen-bond acceptors (Lipinski definition) is 8. The van der Waals surface area contributed by atoms with Gasteiger partial charge in [-0.05, 0) is 37.3 Å². The van der Waals surface area contributed by atoms with Gasteiger partial charge in [-0.25, -0.2) is 4.79 Å². The number of aromatic nitrogens is 2. The minimum Gasteiger partial charge on any atom is -0.450 e. The lowest BCUT2D eigenvalue weighted by molar-refractivity contribution is -0.383. The molecule has 0 saturated heterocycles. The number of benzene rings is 2. The van der Waals surface area contributed by atoms with E-state index >= 15 is 0 Å². The first-order chi connectivity index (χ1) is 13.0. The minimum atomic E-state index is -0.601. The molecule has 1 aromatic heterocycles.